The van der Waals surface area contributed by atoms with Crippen molar-refractivity contribution in [3.05, 3.63) is 11.1 Å². The average molecular weight is 210 g/mol. The summed E-state index contributed by atoms with van der Waals surface area (Å²) in [6.07, 6.45) is 7.08. The van der Waals surface area contributed by atoms with E-state index in [1.54, 1.807) is 11.3 Å². The maximum atomic E-state index is 4.40. The van der Waals surface area contributed by atoms with E-state index in [1.165, 1.54) is 32.1 Å². The van der Waals surface area contributed by atoms with Gasteiger partial charge in [0.15, 0.2) is 5.13 Å². The second-order valence-electron chi connectivity index (χ2n) is 4.18. The van der Waals surface area contributed by atoms with Crippen molar-refractivity contribution in [2.75, 3.05) is 11.9 Å². The Kier molecular flexibility index (Phi) is 3.40. The molecule has 78 valence electrons. The molecule has 1 heterocycles. The number of aryl methyl sites for hydroxylation is 1. The number of hydrogen-bond acceptors (Lipinski definition) is 3. The monoisotopic (exact) mass is 210 g/mol. The normalized spacial score (nSPS) is 18.4. The van der Waals surface area contributed by atoms with Crippen LogP contribution in [0, 0.1) is 12.8 Å². The summed E-state index contributed by atoms with van der Waals surface area (Å²) in [5.74, 6) is 0.882. The van der Waals surface area contributed by atoms with Crippen LogP contribution in [0.25, 0.3) is 0 Å². The Labute approximate surface area is 89.8 Å². The van der Waals surface area contributed by atoms with Gasteiger partial charge in [-0.05, 0) is 25.7 Å². The van der Waals surface area contributed by atoms with E-state index in [2.05, 4.69) is 15.7 Å². The van der Waals surface area contributed by atoms with E-state index in [4.69, 9.17) is 0 Å². The van der Waals surface area contributed by atoms with Gasteiger partial charge < -0.3 is 5.32 Å². The van der Waals surface area contributed by atoms with Gasteiger partial charge in [-0.3, -0.25) is 0 Å². The summed E-state index contributed by atoms with van der Waals surface area (Å²) in [5.41, 5.74) is 1.13. The van der Waals surface area contributed by atoms with Crippen LogP contribution in [0.4, 0.5) is 5.13 Å². The van der Waals surface area contributed by atoms with Crippen LogP contribution in [0.5, 0.6) is 0 Å². The highest BCUT2D eigenvalue weighted by atomic mass is 32.1. The molecule has 14 heavy (non-hydrogen) atoms. The first-order valence-corrected chi connectivity index (χ1v) is 6.38. The van der Waals surface area contributed by atoms with E-state index in [1.807, 2.05) is 6.92 Å². The summed E-state index contributed by atoms with van der Waals surface area (Å²) in [7, 11) is 0. The fourth-order valence-electron chi connectivity index (χ4n) is 2.06. The molecule has 0 amide bonds. The van der Waals surface area contributed by atoms with Gasteiger partial charge >= 0.3 is 0 Å². The Morgan fingerprint density at radius 2 is 2.21 bits per heavy atom. The molecule has 1 saturated carbocycles. The first-order chi connectivity index (χ1) is 6.84. The predicted octanol–water partition coefficient (Wildman–Crippen LogP) is 3.44. The van der Waals surface area contributed by atoms with E-state index in [0.717, 1.165) is 23.3 Å². The number of anilines is 1. The van der Waals surface area contributed by atoms with Gasteiger partial charge in [0.1, 0.15) is 0 Å². The van der Waals surface area contributed by atoms with E-state index in [0.29, 0.717) is 0 Å². The molecule has 1 aliphatic rings. The van der Waals surface area contributed by atoms with Gasteiger partial charge in [0.2, 0.25) is 0 Å². The molecule has 2 rings (SSSR count). The van der Waals surface area contributed by atoms with Crippen molar-refractivity contribution in [3.8, 4) is 0 Å². The van der Waals surface area contributed by atoms with Crippen molar-refractivity contribution in [1.82, 2.24) is 4.98 Å². The molecule has 0 radical (unpaired) electrons. The molecule has 2 nitrogen and oxygen atoms in total. The van der Waals surface area contributed by atoms with Crippen molar-refractivity contribution in [2.45, 2.75) is 39.0 Å². The highest BCUT2D eigenvalue weighted by molar-refractivity contribution is 7.13. The standard InChI is InChI=1S/C11H18N2S/c1-9-8-14-11(13-9)12-7-10-5-3-2-4-6-10/h8,10H,2-7H2,1H3,(H,12,13). The summed E-state index contributed by atoms with van der Waals surface area (Å²) < 4.78 is 0. The highest BCUT2D eigenvalue weighted by Gasteiger charge is 2.13. The Balaban J connectivity index is 1.76. The van der Waals surface area contributed by atoms with Gasteiger partial charge in [0.25, 0.3) is 0 Å². The molecule has 3 heteroatoms. The minimum atomic E-state index is 0.882. The van der Waals surface area contributed by atoms with Crippen LogP contribution in [0.15, 0.2) is 5.38 Å². The largest absolute Gasteiger partial charge is 0.361 e. The van der Waals surface area contributed by atoms with Gasteiger partial charge in [0, 0.05) is 11.9 Å². The van der Waals surface area contributed by atoms with E-state index in [-0.39, 0.29) is 0 Å². The highest BCUT2D eigenvalue weighted by Crippen LogP contribution is 2.24. The third-order valence-corrected chi connectivity index (χ3v) is 3.80. The van der Waals surface area contributed by atoms with Gasteiger partial charge in [-0.1, -0.05) is 19.3 Å². The molecule has 0 saturated heterocycles. The predicted molar refractivity (Wildman–Crippen MR) is 61.9 cm³/mol. The van der Waals surface area contributed by atoms with Crippen molar-refractivity contribution in [2.24, 2.45) is 5.92 Å². The molecule has 0 spiro atoms. The second-order valence-corrected chi connectivity index (χ2v) is 5.04. The van der Waals surface area contributed by atoms with E-state index in [9.17, 15) is 0 Å². The molecule has 0 aliphatic heterocycles. The molecule has 1 aromatic heterocycles. The Hall–Kier alpha value is -0.570. The molecule has 0 aromatic carbocycles. The lowest BCUT2D eigenvalue weighted by molar-refractivity contribution is 0.373. The molecule has 1 aliphatic carbocycles. The van der Waals surface area contributed by atoms with Crippen LogP contribution < -0.4 is 5.32 Å². The SMILES string of the molecule is Cc1csc(NCC2CCCCC2)n1. The molecule has 0 unspecified atom stereocenters. The molecule has 1 aromatic rings. The van der Waals surface area contributed by atoms with Crippen LogP contribution in [0.1, 0.15) is 37.8 Å². The molecule has 0 atom stereocenters. The third kappa shape index (κ3) is 2.71. The van der Waals surface area contributed by atoms with Crippen LogP contribution in [-0.2, 0) is 0 Å². The number of aromatic nitrogens is 1. The Morgan fingerprint density at radius 3 is 2.86 bits per heavy atom. The van der Waals surface area contributed by atoms with Crippen molar-refractivity contribution in [1.29, 1.82) is 0 Å². The number of rotatable bonds is 3. The maximum Gasteiger partial charge on any atom is 0.182 e. The van der Waals surface area contributed by atoms with Crippen molar-refractivity contribution >= 4 is 16.5 Å². The first-order valence-electron chi connectivity index (χ1n) is 5.50. The summed E-state index contributed by atoms with van der Waals surface area (Å²) in [6, 6.07) is 0. The first kappa shape index (κ1) is 9.97. The van der Waals surface area contributed by atoms with Crippen LogP contribution >= 0.6 is 11.3 Å². The fourth-order valence-corrected chi connectivity index (χ4v) is 2.76. The van der Waals surface area contributed by atoms with E-state index >= 15 is 0 Å². The minimum absolute atomic E-state index is 0.882. The number of nitrogens with zero attached hydrogens (tertiary/aromatic N) is 1. The van der Waals surface area contributed by atoms with E-state index < -0.39 is 0 Å². The fraction of sp³-hybridized carbons (Fsp3) is 0.727. The van der Waals surface area contributed by atoms with Crippen LogP contribution in [0.2, 0.25) is 0 Å². The lowest BCUT2D eigenvalue weighted by Gasteiger charge is -2.21. The zero-order chi connectivity index (χ0) is 9.80. The van der Waals surface area contributed by atoms with Gasteiger partial charge in [-0.25, -0.2) is 4.98 Å². The minimum Gasteiger partial charge on any atom is -0.361 e. The Morgan fingerprint density at radius 1 is 1.43 bits per heavy atom. The van der Waals surface area contributed by atoms with Gasteiger partial charge in [0.05, 0.1) is 5.69 Å². The van der Waals surface area contributed by atoms with Crippen molar-refractivity contribution in [3.63, 3.8) is 0 Å². The molecule has 1 fully saturated rings. The average Bonchev–Trinajstić information content (AvgIpc) is 2.63. The number of hydrogen-bond donors (Lipinski definition) is 1. The van der Waals surface area contributed by atoms with Gasteiger partial charge in [-0.15, -0.1) is 11.3 Å². The number of thiazole rings is 1. The Bertz CT molecular complexity index is 277. The molecule has 0 bridgehead atoms. The molecule has 1 N–H and O–H groups in total. The van der Waals surface area contributed by atoms with Crippen LogP contribution in [0.3, 0.4) is 0 Å². The zero-order valence-corrected chi connectivity index (χ0v) is 9.57. The second kappa shape index (κ2) is 4.78. The zero-order valence-electron chi connectivity index (χ0n) is 8.75. The quantitative estimate of drug-likeness (QED) is 0.826. The van der Waals surface area contributed by atoms with Crippen LogP contribution in [-0.4, -0.2) is 11.5 Å². The lowest BCUT2D eigenvalue weighted by atomic mass is 9.89. The third-order valence-electron chi connectivity index (χ3n) is 2.89. The lowest BCUT2D eigenvalue weighted by Crippen LogP contribution is -2.16. The summed E-state index contributed by atoms with van der Waals surface area (Å²) >= 11 is 1.72. The molecular formula is C11H18N2S. The topological polar surface area (TPSA) is 24.9 Å². The number of nitrogens with one attached hydrogen (secondary N) is 1. The van der Waals surface area contributed by atoms with Crippen molar-refractivity contribution < 1.29 is 0 Å². The van der Waals surface area contributed by atoms with Gasteiger partial charge in [-0.2, -0.15) is 0 Å². The maximum absolute atomic E-state index is 4.40. The summed E-state index contributed by atoms with van der Waals surface area (Å²) in [4.78, 5) is 4.40. The molecular weight excluding hydrogens is 192 g/mol. The summed E-state index contributed by atoms with van der Waals surface area (Å²) in [6.45, 7) is 3.16. The smallest absolute Gasteiger partial charge is 0.182 e. The summed E-state index contributed by atoms with van der Waals surface area (Å²) in [5, 5.41) is 6.63.